The number of hydrogen-bond acceptors (Lipinski definition) is 4. The van der Waals surface area contributed by atoms with Crippen molar-refractivity contribution in [1.82, 2.24) is 10.2 Å². The summed E-state index contributed by atoms with van der Waals surface area (Å²) in [5, 5.41) is 3.09. The molecule has 1 heterocycles. The van der Waals surface area contributed by atoms with Crippen LogP contribution in [0.25, 0.3) is 0 Å². The number of nitrogens with two attached hydrogens (primary N) is 1. The lowest BCUT2D eigenvalue weighted by Gasteiger charge is -2.32. The van der Waals surface area contributed by atoms with E-state index >= 15 is 0 Å². The zero-order valence-electron chi connectivity index (χ0n) is 17.4. The fourth-order valence-electron chi connectivity index (χ4n) is 3.86. The van der Waals surface area contributed by atoms with E-state index in [1.165, 1.54) is 0 Å². The van der Waals surface area contributed by atoms with Crippen LogP contribution in [0.1, 0.15) is 52.0 Å². The quantitative estimate of drug-likeness (QED) is 0.717. The van der Waals surface area contributed by atoms with Crippen LogP contribution in [0.15, 0.2) is 48.5 Å². The lowest BCUT2D eigenvalue weighted by atomic mass is 10.0. The van der Waals surface area contributed by atoms with Gasteiger partial charge >= 0.3 is 0 Å². The molecule has 1 aliphatic heterocycles. The Morgan fingerprint density at radius 1 is 1.00 bits per heavy atom. The smallest absolute Gasteiger partial charge is 0.252 e. The lowest BCUT2D eigenvalue weighted by molar-refractivity contribution is -0.133. The minimum atomic E-state index is -0.548. The zero-order valence-corrected chi connectivity index (χ0v) is 17.4. The first-order valence-electron chi connectivity index (χ1n) is 10.7. The van der Waals surface area contributed by atoms with Crippen LogP contribution in [0.2, 0.25) is 0 Å². The van der Waals surface area contributed by atoms with Gasteiger partial charge in [0, 0.05) is 30.6 Å². The second-order valence-electron chi connectivity index (χ2n) is 8.20. The van der Waals surface area contributed by atoms with Crippen LogP contribution in [0, 0.1) is 5.92 Å². The van der Waals surface area contributed by atoms with Crippen LogP contribution in [-0.2, 0) is 11.4 Å². The number of carbonyl (C=O) groups excluding carboxylic acids is 3. The molecule has 0 spiro atoms. The summed E-state index contributed by atoms with van der Waals surface area (Å²) in [6.45, 7) is 1.62. The fraction of sp³-hybridized carbons (Fsp3) is 0.375. The van der Waals surface area contributed by atoms with Crippen LogP contribution >= 0.6 is 0 Å². The first-order chi connectivity index (χ1) is 15.0. The molecule has 2 aliphatic rings. The van der Waals surface area contributed by atoms with Crippen LogP contribution in [0.5, 0.6) is 5.75 Å². The molecular weight excluding hydrogens is 394 g/mol. The third kappa shape index (κ3) is 5.23. The molecule has 1 saturated heterocycles. The van der Waals surface area contributed by atoms with Gasteiger partial charge in [-0.1, -0.05) is 24.3 Å². The van der Waals surface area contributed by atoms with E-state index < -0.39 is 5.91 Å². The summed E-state index contributed by atoms with van der Waals surface area (Å²) < 4.78 is 5.76. The number of primary amides is 1. The van der Waals surface area contributed by atoms with Gasteiger partial charge in [0.05, 0.1) is 5.56 Å². The standard InChI is InChI=1S/C24H27N3O4/c25-22(28)20-6-1-2-7-21(20)31-15-16-4-3-5-18(14-16)23(29)26-19-10-12-27(13-11-19)24(30)17-8-9-17/h1-7,14,17,19H,8-13,15H2,(H2,25,28)(H,26,29). The first kappa shape index (κ1) is 20.9. The number of hydrogen-bond donors (Lipinski definition) is 2. The summed E-state index contributed by atoms with van der Waals surface area (Å²) in [5.74, 6) is 0.249. The molecule has 0 aromatic heterocycles. The molecule has 3 N–H and O–H groups in total. The molecule has 162 valence electrons. The van der Waals surface area contributed by atoms with Gasteiger partial charge in [-0.3, -0.25) is 14.4 Å². The molecule has 0 atom stereocenters. The number of carbonyl (C=O) groups is 3. The summed E-state index contributed by atoms with van der Waals surface area (Å²) in [5.41, 5.74) is 7.08. The normalized spacial score (nSPS) is 16.6. The molecule has 0 radical (unpaired) electrons. The van der Waals surface area contributed by atoms with E-state index in [0.29, 0.717) is 30.0 Å². The Kier molecular flexibility index (Phi) is 6.21. The van der Waals surface area contributed by atoms with Gasteiger partial charge in [0.2, 0.25) is 5.91 Å². The van der Waals surface area contributed by atoms with Gasteiger partial charge in [-0.15, -0.1) is 0 Å². The van der Waals surface area contributed by atoms with E-state index in [4.69, 9.17) is 10.5 Å². The van der Waals surface area contributed by atoms with Crippen molar-refractivity contribution >= 4 is 17.7 Å². The van der Waals surface area contributed by atoms with Gasteiger partial charge in [-0.05, 0) is 55.5 Å². The Labute approximate surface area is 181 Å². The minimum absolute atomic E-state index is 0.0677. The number of ether oxygens (including phenoxy) is 1. The summed E-state index contributed by atoms with van der Waals surface area (Å²) in [7, 11) is 0. The van der Waals surface area contributed by atoms with Gasteiger partial charge in [-0.25, -0.2) is 0 Å². The number of nitrogens with one attached hydrogen (secondary N) is 1. The van der Waals surface area contributed by atoms with Crippen molar-refractivity contribution in [1.29, 1.82) is 0 Å². The molecule has 2 fully saturated rings. The number of rotatable bonds is 7. The minimum Gasteiger partial charge on any atom is -0.488 e. The molecule has 1 aliphatic carbocycles. The van der Waals surface area contributed by atoms with Gasteiger partial charge in [0.25, 0.3) is 11.8 Å². The summed E-state index contributed by atoms with van der Waals surface area (Å²) >= 11 is 0. The second kappa shape index (κ2) is 9.20. The van der Waals surface area contributed by atoms with Crippen molar-refractivity contribution in [2.24, 2.45) is 11.7 Å². The van der Waals surface area contributed by atoms with E-state index in [1.54, 1.807) is 36.4 Å². The molecule has 2 aromatic carbocycles. The molecule has 31 heavy (non-hydrogen) atoms. The first-order valence-corrected chi connectivity index (χ1v) is 10.7. The van der Waals surface area contributed by atoms with Crippen molar-refractivity contribution in [3.63, 3.8) is 0 Å². The third-order valence-corrected chi connectivity index (χ3v) is 5.80. The second-order valence-corrected chi connectivity index (χ2v) is 8.20. The predicted octanol–water partition coefficient (Wildman–Crippen LogP) is 2.50. The van der Waals surface area contributed by atoms with Gasteiger partial charge in [-0.2, -0.15) is 0 Å². The highest BCUT2D eigenvalue weighted by atomic mass is 16.5. The number of para-hydroxylation sites is 1. The molecule has 7 nitrogen and oxygen atoms in total. The highest BCUT2D eigenvalue weighted by Crippen LogP contribution is 2.32. The Bertz CT molecular complexity index is 978. The summed E-state index contributed by atoms with van der Waals surface area (Å²) in [6.07, 6.45) is 3.58. The van der Waals surface area contributed by atoms with Crippen LogP contribution < -0.4 is 15.8 Å². The Morgan fingerprint density at radius 3 is 2.45 bits per heavy atom. The summed E-state index contributed by atoms with van der Waals surface area (Å²) in [6, 6.07) is 14.1. The SMILES string of the molecule is NC(=O)c1ccccc1OCc1cccc(C(=O)NC2CCN(C(=O)C3CC3)CC2)c1. The molecule has 0 bridgehead atoms. The van der Waals surface area contributed by atoms with Crippen LogP contribution in [0.3, 0.4) is 0 Å². The van der Waals surface area contributed by atoms with E-state index in [9.17, 15) is 14.4 Å². The monoisotopic (exact) mass is 421 g/mol. The maximum absolute atomic E-state index is 12.7. The van der Waals surface area contributed by atoms with Crippen molar-refractivity contribution < 1.29 is 19.1 Å². The highest BCUT2D eigenvalue weighted by molar-refractivity contribution is 5.95. The maximum Gasteiger partial charge on any atom is 0.252 e. The molecule has 7 heteroatoms. The van der Waals surface area contributed by atoms with E-state index in [1.807, 2.05) is 17.0 Å². The molecular formula is C24H27N3O4. The number of piperidine rings is 1. The zero-order chi connectivity index (χ0) is 21.8. The third-order valence-electron chi connectivity index (χ3n) is 5.80. The molecule has 4 rings (SSSR count). The highest BCUT2D eigenvalue weighted by Gasteiger charge is 2.35. The van der Waals surface area contributed by atoms with Crippen molar-refractivity contribution in [2.75, 3.05) is 13.1 Å². The van der Waals surface area contributed by atoms with Crippen LogP contribution in [-0.4, -0.2) is 41.8 Å². The maximum atomic E-state index is 12.7. The number of likely N-dealkylation sites (tertiary alicyclic amines) is 1. The van der Waals surface area contributed by atoms with Crippen molar-refractivity contribution in [3.05, 3.63) is 65.2 Å². The predicted molar refractivity (Wildman–Crippen MR) is 116 cm³/mol. The van der Waals surface area contributed by atoms with Crippen molar-refractivity contribution in [2.45, 2.75) is 38.3 Å². The van der Waals surface area contributed by atoms with E-state index in [2.05, 4.69) is 5.32 Å². The average molecular weight is 421 g/mol. The fourth-order valence-corrected chi connectivity index (χ4v) is 3.86. The van der Waals surface area contributed by atoms with E-state index in [0.717, 1.165) is 31.2 Å². The number of amides is 3. The van der Waals surface area contributed by atoms with Crippen LogP contribution in [0.4, 0.5) is 0 Å². The molecule has 2 aromatic rings. The summed E-state index contributed by atoms with van der Waals surface area (Å²) in [4.78, 5) is 38.4. The average Bonchev–Trinajstić information content (AvgIpc) is 3.63. The lowest BCUT2D eigenvalue weighted by Crippen LogP contribution is -2.47. The Balaban J connectivity index is 1.31. The van der Waals surface area contributed by atoms with Gasteiger partial charge < -0.3 is 20.7 Å². The number of benzene rings is 2. The Morgan fingerprint density at radius 2 is 1.74 bits per heavy atom. The van der Waals surface area contributed by atoms with E-state index in [-0.39, 0.29) is 30.4 Å². The molecule has 1 saturated carbocycles. The van der Waals surface area contributed by atoms with Gasteiger partial charge in [0.15, 0.2) is 0 Å². The topological polar surface area (TPSA) is 102 Å². The Hall–Kier alpha value is -3.35. The van der Waals surface area contributed by atoms with Crippen molar-refractivity contribution in [3.8, 4) is 5.75 Å². The number of nitrogens with zero attached hydrogens (tertiary/aromatic N) is 1. The van der Waals surface area contributed by atoms with Gasteiger partial charge in [0.1, 0.15) is 12.4 Å². The molecule has 0 unspecified atom stereocenters. The molecule has 3 amide bonds. The largest absolute Gasteiger partial charge is 0.488 e.